The first-order valence-electron chi connectivity index (χ1n) is 5.89. The number of nitrogens with zero attached hydrogens (tertiary/aromatic N) is 2. The van der Waals surface area contributed by atoms with Gasteiger partial charge in [-0.25, -0.2) is 9.37 Å². The molecule has 0 spiro atoms. The third kappa shape index (κ3) is 2.81. The number of hydrogen-bond acceptors (Lipinski definition) is 2. The lowest BCUT2D eigenvalue weighted by molar-refractivity contribution is 0.626. The number of alkyl halides is 1. The minimum atomic E-state index is -0.224. The molecule has 1 aromatic carbocycles. The Labute approximate surface area is 116 Å². The van der Waals surface area contributed by atoms with Crippen LogP contribution in [-0.4, -0.2) is 26.9 Å². The van der Waals surface area contributed by atoms with Gasteiger partial charge in [0.15, 0.2) is 0 Å². The monoisotopic (exact) mass is 286 g/mol. The molecule has 0 aliphatic heterocycles. The molecule has 0 N–H and O–H groups in total. The summed E-state index contributed by atoms with van der Waals surface area (Å²) in [7, 11) is 0. The largest absolute Gasteiger partial charge is 0.327 e. The summed E-state index contributed by atoms with van der Waals surface area (Å²) in [5.41, 5.74) is 1.70. The zero-order valence-electron chi connectivity index (χ0n) is 10.5. The van der Waals surface area contributed by atoms with E-state index < -0.39 is 0 Å². The van der Waals surface area contributed by atoms with E-state index in [1.165, 1.54) is 6.07 Å². The Morgan fingerprint density at radius 1 is 1.50 bits per heavy atom. The van der Waals surface area contributed by atoms with Crippen LogP contribution in [0.15, 0.2) is 18.2 Å². The van der Waals surface area contributed by atoms with Crippen LogP contribution in [0.2, 0.25) is 0 Å². The van der Waals surface area contributed by atoms with Crippen LogP contribution in [0.5, 0.6) is 0 Å². The minimum Gasteiger partial charge on any atom is -0.327 e. The molecular weight excluding hydrogens is 271 g/mol. The standard InChI is InChI=1S/C13H16ClFN2S/c1-9(18-2)8-17-12-7-10(15)3-4-11(12)16-13(17)5-6-14/h3-4,7,9H,5-6,8H2,1-2H3. The number of thioether (sulfide) groups is 1. The molecule has 0 saturated carbocycles. The van der Waals surface area contributed by atoms with Crippen molar-refractivity contribution < 1.29 is 4.39 Å². The molecule has 18 heavy (non-hydrogen) atoms. The van der Waals surface area contributed by atoms with Crippen LogP contribution >= 0.6 is 23.4 Å². The summed E-state index contributed by atoms with van der Waals surface area (Å²) in [6.45, 7) is 2.98. The van der Waals surface area contributed by atoms with E-state index in [0.717, 1.165) is 23.4 Å². The van der Waals surface area contributed by atoms with Crippen LogP contribution in [0.3, 0.4) is 0 Å². The Hall–Kier alpha value is -0.740. The smallest absolute Gasteiger partial charge is 0.125 e. The first-order chi connectivity index (χ1) is 8.65. The first-order valence-corrected chi connectivity index (χ1v) is 7.71. The quantitative estimate of drug-likeness (QED) is 0.780. The molecule has 0 aliphatic carbocycles. The van der Waals surface area contributed by atoms with Crippen molar-refractivity contribution in [2.24, 2.45) is 0 Å². The summed E-state index contributed by atoms with van der Waals surface area (Å²) in [6.07, 6.45) is 2.78. The maximum Gasteiger partial charge on any atom is 0.125 e. The second-order valence-corrected chi connectivity index (χ2v) is 5.91. The highest BCUT2D eigenvalue weighted by atomic mass is 35.5. The molecule has 0 saturated heterocycles. The average Bonchev–Trinajstić information content (AvgIpc) is 2.68. The van der Waals surface area contributed by atoms with Gasteiger partial charge in [0, 0.05) is 24.1 Å². The van der Waals surface area contributed by atoms with Gasteiger partial charge in [-0.3, -0.25) is 0 Å². The van der Waals surface area contributed by atoms with E-state index in [2.05, 4.69) is 22.7 Å². The summed E-state index contributed by atoms with van der Waals surface area (Å²) < 4.78 is 15.4. The molecule has 2 nitrogen and oxygen atoms in total. The van der Waals surface area contributed by atoms with Gasteiger partial charge in [-0.15, -0.1) is 11.6 Å². The van der Waals surface area contributed by atoms with E-state index in [4.69, 9.17) is 11.6 Å². The van der Waals surface area contributed by atoms with E-state index >= 15 is 0 Å². The molecule has 1 aromatic heterocycles. The summed E-state index contributed by atoms with van der Waals surface area (Å²) in [5, 5.41) is 0.458. The second-order valence-electron chi connectivity index (χ2n) is 4.26. The van der Waals surface area contributed by atoms with Crippen molar-refractivity contribution in [2.75, 3.05) is 12.1 Å². The Morgan fingerprint density at radius 3 is 2.94 bits per heavy atom. The minimum absolute atomic E-state index is 0.224. The molecule has 0 bridgehead atoms. The molecular formula is C13H16ClFN2S. The van der Waals surface area contributed by atoms with Crippen LogP contribution in [0.4, 0.5) is 4.39 Å². The van der Waals surface area contributed by atoms with Crippen LogP contribution in [-0.2, 0) is 13.0 Å². The highest BCUT2D eigenvalue weighted by Crippen LogP contribution is 2.21. The van der Waals surface area contributed by atoms with Crippen LogP contribution in [0.1, 0.15) is 12.7 Å². The van der Waals surface area contributed by atoms with Gasteiger partial charge in [0.25, 0.3) is 0 Å². The van der Waals surface area contributed by atoms with Gasteiger partial charge in [0.1, 0.15) is 11.6 Å². The number of benzene rings is 1. The summed E-state index contributed by atoms with van der Waals surface area (Å²) in [6, 6.07) is 4.72. The number of aryl methyl sites for hydroxylation is 1. The molecule has 1 heterocycles. The summed E-state index contributed by atoms with van der Waals surface area (Å²) >= 11 is 7.59. The van der Waals surface area contributed by atoms with E-state index in [1.54, 1.807) is 23.9 Å². The number of imidazole rings is 1. The molecule has 98 valence electrons. The van der Waals surface area contributed by atoms with Crippen molar-refractivity contribution in [3.63, 3.8) is 0 Å². The fourth-order valence-electron chi connectivity index (χ4n) is 1.96. The van der Waals surface area contributed by atoms with Gasteiger partial charge < -0.3 is 4.57 Å². The van der Waals surface area contributed by atoms with Gasteiger partial charge in [-0.2, -0.15) is 11.8 Å². The molecule has 0 fully saturated rings. The lowest BCUT2D eigenvalue weighted by Gasteiger charge is -2.13. The third-order valence-corrected chi connectivity index (χ3v) is 4.09. The summed E-state index contributed by atoms with van der Waals surface area (Å²) in [5.74, 6) is 1.24. The summed E-state index contributed by atoms with van der Waals surface area (Å²) in [4.78, 5) is 4.53. The number of halogens is 2. The first kappa shape index (κ1) is 13.7. The zero-order valence-corrected chi connectivity index (χ0v) is 12.1. The van der Waals surface area contributed by atoms with E-state index in [9.17, 15) is 4.39 Å². The second kappa shape index (κ2) is 5.93. The van der Waals surface area contributed by atoms with Crippen molar-refractivity contribution >= 4 is 34.4 Å². The van der Waals surface area contributed by atoms with Gasteiger partial charge in [0.05, 0.1) is 11.0 Å². The van der Waals surface area contributed by atoms with Gasteiger partial charge in [-0.1, -0.05) is 6.92 Å². The van der Waals surface area contributed by atoms with Crippen molar-refractivity contribution in [3.05, 3.63) is 29.8 Å². The topological polar surface area (TPSA) is 17.8 Å². The van der Waals surface area contributed by atoms with Crippen molar-refractivity contribution in [3.8, 4) is 0 Å². The molecule has 1 atom stereocenters. The van der Waals surface area contributed by atoms with Crippen molar-refractivity contribution in [2.45, 2.75) is 25.1 Å². The fourth-order valence-corrected chi connectivity index (χ4v) is 2.42. The number of hydrogen-bond donors (Lipinski definition) is 0. The molecule has 5 heteroatoms. The molecule has 0 radical (unpaired) electrons. The average molecular weight is 287 g/mol. The lowest BCUT2D eigenvalue weighted by Crippen LogP contribution is -2.12. The van der Waals surface area contributed by atoms with E-state index in [0.29, 0.717) is 17.6 Å². The highest BCUT2D eigenvalue weighted by Gasteiger charge is 2.13. The normalized spacial score (nSPS) is 13.1. The SMILES string of the molecule is CSC(C)Cn1c(CCCl)nc2ccc(F)cc21. The van der Waals surface area contributed by atoms with Gasteiger partial charge in [-0.05, 0) is 24.5 Å². The predicted octanol–water partition coefficient (Wildman–Crippen LogP) is 3.71. The van der Waals surface area contributed by atoms with Crippen molar-refractivity contribution in [1.29, 1.82) is 0 Å². The van der Waals surface area contributed by atoms with Crippen LogP contribution in [0, 0.1) is 5.82 Å². The van der Waals surface area contributed by atoms with Crippen LogP contribution < -0.4 is 0 Å². The number of fused-ring (bicyclic) bond motifs is 1. The number of aromatic nitrogens is 2. The maximum atomic E-state index is 13.4. The highest BCUT2D eigenvalue weighted by molar-refractivity contribution is 7.99. The third-order valence-electron chi connectivity index (χ3n) is 2.95. The Kier molecular flexibility index (Phi) is 4.51. The van der Waals surface area contributed by atoms with E-state index in [1.807, 2.05) is 0 Å². The molecule has 2 aromatic rings. The van der Waals surface area contributed by atoms with Crippen molar-refractivity contribution in [1.82, 2.24) is 9.55 Å². The van der Waals surface area contributed by atoms with Gasteiger partial charge in [0.2, 0.25) is 0 Å². The van der Waals surface area contributed by atoms with E-state index in [-0.39, 0.29) is 5.82 Å². The molecule has 2 rings (SSSR count). The van der Waals surface area contributed by atoms with Crippen LogP contribution in [0.25, 0.3) is 11.0 Å². The lowest BCUT2D eigenvalue weighted by atomic mass is 10.3. The molecule has 0 aliphatic rings. The predicted molar refractivity (Wildman–Crippen MR) is 77.1 cm³/mol. The zero-order chi connectivity index (χ0) is 13.1. The Bertz CT molecular complexity index is 541. The maximum absolute atomic E-state index is 13.4. The Morgan fingerprint density at radius 2 is 2.28 bits per heavy atom. The fraction of sp³-hybridized carbons (Fsp3) is 0.462. The number of rotatable bonds is 5. The molecule has 0 amide bonds. The molecule has 1 unspecified atom stereocenters. The Balaban J connectivity index is 2.49. The van der Waals surface area contributed by atoms with Gasteiger partial charge >= 0.3 is 0 Å².